The molecule has 20 heavy (non-hydrogen) atoms. The fourth-order valence-corrected chi connectivity index (χ4v) is 2.73. The van der Waals surface area contributed by atoms with Crippen molar-refractivity contribution in [3.63, 3.8) is 0 Å². The Morgan fingerprint density at radius 2 is 2.25 bits per heavy atom. The number of rotatable bonds is 3. The highest BCUT2D eigenvalue weighted by molar-refractivity contribution is 5.81. The minimum absolute atomic E-state index is 0.0726. The van der Waals surface area contributed by atoms with Crippen molar-refractivity contribution in [3.8, 4) is 0 Å². The van der Waals surface area contributed by atoms with E-state index >= 15 is 0 Å². The zero-order valence-corrected chi connectivity index (χ0v) is 11.8. The van der Waals surface area contributed by atoms with Crippen molar-refractivity contribution >= 4 is 10.9 Å². The maximum Gasteiger partial charge on any atom is 0.0850 e. The summed E-state index contributed by atoms with van der Waals surface area (Å²) in [7, 11) is 0. The van der Waals surface area contributed by atoms with Crippen molar-refractivity contribution in [1.82, 2.24) is 9.88 Å². The molecule has 1 aliphatic heterocycles. The SMILES string of the molecule is CC(N)C1CN(Cc2cccc3cccnc23)CCO1. The molecule has 106 valence electrons. The minimum atomic E-state index is 0.0726. The van der Waals surface area contributed by atoms with Gasteiger partial charge in [0.15, 0.2) is 0 Å². The average molecular weight is 271 g/mol. The smallest absolute Gasteiger partial charge is 0.0850 e. The van der Waals surface area contributed by atoms with Gasteiger partial charge in [0.25, 0.3) is 0 Å². The van der Waals surface area contributed by atoms with Crippen LogP contribution in [0.25, 0.3) is 10.9 Å². The molecule has 0 radical (unpaired) electrons. The molecule has 1 aromatic heterocycles. The van der Waals surface area contributed by atoms with Crippen molar-refractivity contribution < 1.29 is 4.74 Å². The van der Waals surface area contributed by atoms with Crippen LogP contribution in [-0.2, 0) is 11.3 Å². The first-order chi connectivity index (χ1) is 9.74. The largest absolute Gasteiger partial charge is 0.374 e. The van der Waals surface area contributed by atoms with Crippen molar-refractivity contribution in [2.75, 3.05) is 19.7 Å². The third-order valence-corrected chi connectivity index (χ3v) is 3.87. The summed E-state index contributed by atoms with van der Waals surface area (Å²) in [5.41, 5.74) is 8.32. The van der Waals surface area contributed by atoms with Gasteiger partial charge in [-0.25, -0.2) is 0 Å². The first kappa shape index (κ1) is 13.5. The van der Waals surface area contributed by atoms with Gasteiger partial charge in [-0.3, -0.25) is 9.88 Å². The van der Waals surface area contributed by atoms with E-state index in [0.717, 1.165) is 31.8 Å². The third kappa shape index (κ3) is 2.82. The zero-order valence-electron chi connectivity index (χ0n) is 11.8. The molecule has 0 amide bonds. The third-order valence-electron chi connectivity index (χ3n) is 3.87. The Morgan fingerprint density at radius 3 is 3.10 bits per heavy atom. The van der Waals surface area contributed by atoms with E-state index in [4.69, 9.17) is 10.5 Å². The Balaban J connectivity index is 1.79. The molecule has 0 aliphatic carbocycles. The van der Waals surface area contributed by atoms with Crippen molar-refractivity contribution in [2.45, 2.75) is 25.6 Å². The van der Waals surface area contributed by atoms with Gasteiger partial charge in [-0.15, -0.1) is 0 Å². The van der Waals surface area contributed by atoms with Crippen LogP contribution in [0.5, 0.6) is 0 Å². The molecule has 1 saturated heterocycles. The second-order valence-electron chi connectivity index (χ2n) is 5.50. The highest BCUT2D eigenvalue weighted by Crippen LogP contribution is 2.19. The lowest BCUT2D eigenvalue weighted by molar-refractivity contribution is -0.0402. The van der Waals surface area contributed by atoms with Crippen LogP contribution < -0.4 is 5.73 Å². The number of aromatic nitrogens is 1. The molecule has 1 aliphatic rings. The van der Waals surface area contributed by atoms with E-state index in [1.807, 2.05) is 19.2 Å². The maximum atomic E-state index is 5.95. The van der Waals surface area contributed by atoms with Gasteiger partial charge in [0.2, 0.25) is 0 Å². The summed E-state index contributed by atoms with van der Waals surface area (Å²) in [6, 6.07) is 10.5. The Labute approximate surface area is 119 Å². The van der Waals surface area contributed by atoms with Gasteiger partial charge >= 0.3 is 0 Å². The van der Waals surface area contributed by atoms with Crippen LogP contribution in [0.15, 0.2) is 36.5 Å². The lowest BCUT2D eigenvalue weighted by Gasteiger charge is -2.34. The van der Waals surface area contributed by atoms with Crippen LogP contribution in [0, 0.1) is 0 Å². The Bertz CT molecular complexity index is 579. The van der Waals surface area contributed by atoms with E-state index in [9.17, 15) is 0 Å². The lowest BCUT2D eigenvalue weighted by Crippen LogP contribution is -2.49. The number of fused-ring (bicyclic) bond motifs is 1. The van der Waals surface area contributed by atoms with E-state index in [-0.39, 0.29) is 12.1 Å². The minimum Gasteiger partial charge on any atom is -0.374 e. The van der Waals surface area contributed by atoms with E-state index in [1.165, 1.54) is 10.9 Å². The normalized spacial score (nSPS) is 22.0. The topological polar surface area (TPSA) is 51.4 Å². The Hall–Kier alpha value is -1.49. The predicted molar refractivity (Wildman–Crippen MR) is 80.4 cm³/mol. The van der Waals surface area contributed by atoms with Crippen molar-refractivity contribution in [3.05, 3.63) is 42.1 Å². The number of morpholine rings is 1. The summed E-state index contributed by atoms with van der Waals surface area (Å²) in [5.74, 6) is 0. The molecule has 2 N–H and O–H groups in total. The fourth-order valence-electron chi connectivity index (χ4n) is 2.73. The number of nitrogens with two attached hydrogens (primary N) is 1. The molecular formula is C16H21N3O. The fraction of sp³-hybridized carbons (Fsp3) is 0.438. The van der Waals surface area contributed by atoms with E-state index < -0.39 is 0 Å². The summed E-state index contributed by atoms with van der Waals surface area (Å²) < 4.78 is 5.71. The van der Waals surface area contributed by atoms with Gasteiger partial charge in [0.05, 0.1) is 18.2 Å². The molecule has 3 rings (SSSR count). The van der Waals surface area contributed by atoms with Gasteiger partial charge in [-0.05, 0) is 18.6 Å². The van der Waals surface area contributed by atoms with Gasteiger partial charge in [0.1, 0.15) is 0 Å². The predicted octanol–water partition coefficient (Wildman–Crippen LogP) is 1.78. The van der Waals surface area contributed by atoms with Crippen LogP contribution >= 0.6 is 0 Å². The number of nitrogens with zero attached hydrogens (tertiary/aromatic N) is 2. The summed E-state index contributed by atoms with van der Waals surface area (Å²) >= 11 is 0. The monoisotopic (exact) mass is 271 g/mol. The van der Waals surface area contributed by atoms with Gasteiger partial charge in [-0.2, -0.15) is 0 Å². The van der Waals surface area contributed by atoms with Gasteiger partial charge < -0.3 is 10.5 Å². The quantitative estimate of drug-likeness (QED) is 0.924. The molecule has 2 aromatic rings. The Morgan fingerprint density at radius 1 is 1.40 bits per heavy atom. The molecule has 0 saturated carbocycles. The number of benzene rings is 1. The van der Waals surface area contributed by atoms with Crippen LogP contribution in [0.4, 0.5) is 0 Å². The first-order valence-electron chi connectivity index (χ1n) is 7.16. The molecule has 0 bridgehead atoms. The van der Waals surface area contributed by atoms with Crippen LogP contribution in [0.1, 0.15) is 12.5 Å². The molecule has 1 aromatic carbocycles. The average Bonchev–Trinajstić information content (AvgIpc) is 2.48. The molecule has 4 nitrogen and oxygen atoms in total. The summed E-state index contributed by atoms with van der Waals surface area (Å²) in [5, 5.41) is 1.20. The molecule has 1 fully saturated rings. The molecule has 2 unspecified atom stereocenters. The van der Waals surface area contributed by atoms with Crippen LogP contribution in [0.3, 0.4) is 0 Å². The maximum absolute atomic E-state index is 5.95. The zero-order chi connectivity index (χ0) is 13.9. The number of para-hydroxylation sites is 1. The number of hydrogen-bond donors (Lipinski definition) is 1. The second kappa shape index (κ2) is 5.87. The van der Waals surface area contributed by atoms with Gasteiger partial charge in [0, 0.05) is 37.3 Å². The summed E-state index contributed by atoms with van der Waals surface area (Å²) in [6.07, 6.45) is 1.99. The number of hydrogen-bond acceptors (Lipinski definition) is 4. The van der Waals surface area contributed by atoms with Crippen LogP contribution in [0.2, 0.25) is 0 Å². The molecular weight excluding hydrogens is 250 g/mol. The highest BCUT2D eigenvalue weighted by atomic mass is 16.5. The summed E-state index contributed by atoms with van der Waals surface area (Å²) in [6.45, 7) is 5.51. The molecule has 4 heteroatoms. The number of pyridine rings is 1. The lowest BCUT2D eigenvalue weighted by atomic mass is 10.1. The second-order valence-corrected chi connectivity index (χ2v) is 5.50. The van der Waals surface area contributed by atoms with E-state index in [2.05, 4.69) is 34.1 Å². The molecule has 0 spiro atoms. The standard InChI is InChI=1S/C16H21N3O/c1-12(17)15-11-19(8-9-20-15)10-14-5-2-4-13-6-3-7-18-16(13)14/h2-7,12,15H,8-11,17H2,1H3. The first-order valence-corrected chi connectivity index (χ1v) is 7.16. The van der Waals surface area contributed by atoms with Crippen molar-refractivity contribution in [1.29, 1.82) is 0 Å². The molecule has 2 atom stereocenters. The van der Waals surface area contributed by atoms with Crippen molar-refractivity contribution in [2.24, 2.45) is 5.73 Å². The van der Waals surface area contributed by atoms with E-state index in [1.54, 1.807) is 0 Å². The number of ether oxygens (including phenoxy) is 1. The van der Waals surface area contributed by atoms with Gasteiger partial charge in [-0.1, -0.05) is 24.3 Å². The molecule has 2 heterocycles. The Kier molecular flexibility index (Phi) is 3.96. The highest BCUT2D eigenvalue weighted by Gasteiger charge is 2.23. The summed E-state index contributed by atoms with van der Waals surface area (Å²) in [4.78, 5) is 6.92. The van der Waals surface area contributed by atoms with E-state index in [0.29, 0.717) is 0 Å². The van der Waals surface area contributed by atoms with Crippen LogP contribution in [-0.4, -0.2) is 41.7 Å².